The molecule has 0 amide bonds. The van der Waals surface area contributed by atoms with Gasteiger partial charge in [0.25, 0.3) is 10.0 Å². The fraction of sp³-hybridized carbons (Fsp3) is 0.636. The predicted octanol–water partition coefficient (Wildman–Crippen LogP) is 2.75. The minimum Gasteiger partial charge on any atom is -0.375 e. The van der Waals surface area contributed by atoms with Gasteiger partial charge in [0.1, 0.15) is 4.21 Å². The van der Waals surface area contributed by atoms with Crippen LogP contribution < -0.4 is 4.72 Å². The van der Waals surface area contributed by atoms with Crippen molar-refractivity contribution in [3.05, 3.63) is 15.9 Å². The molecular weight excluding hydrogens is 338 g/mol. The lowest BCUT2D eigenvalue weighted by Gasteiger charge is -2.35. The Balaban J connectivity index is 2.12. The maximum absolute atomic E-state index is 12.2. The summed E-state index contributed by atoms with van der Waals surface area (Å²) < 4.78 is 33.7. The molecule has 1 atom stereocenters. The Labute approximate surface area is 120 Å². The van der Waals surface area contributed by atoms with Gasteiger partial charge in [-0.2, -0.15) is 0 Å². The van der Waals surface area contributed by atoms with Crippen LogP contribution in [-0.4, -0.2) is 26.7 Å². The van der Waals surface area contributed by atoms with E-state index in [2.05, 4.69) is 20.7 Å². The highest BCUT2D eigenvalue weighted by atomic mass is 79.9. The van der Waals surface area contributed by atoms with Crippen molar-refractivity contribution in [3.8, 4) is 0 Å². The molecule has 1 aromatic heterocycles. The first-order chi connectivity index (χ1) is 8.30. The van der Waals surface area contributed by atoms with Crippen molar-refractivity contribution in [2.45, 2.75) is 42.5 Å². The third-order valence-electron chi connectivity index (χ3n) is 2.85. The van der Waals surface area contributed by atoms with E-state index in [0.29, 0.717) is 28.1 Å². The number of nitrogens with one attached hydrogen (secondary N) is 1. The minimum atomic E-state index is -3.43. The van der Waals surface area contributed by atoms with Gasteiger partial charge in [0, 0.05) is 17.1 Å². The van der Waals surface area contributed by atoms with Gasteiger partial charge in [-0.3, -0.25) is 0 Å². The van der Waals surface area contributed by atoms with Crippen LogP contribution in [0.2, 0.25) is 0 Å². The van der Waals surface area contributed by atoms with Gasteiger partial charge >= 0.3 is 0 Å². The van der Waals surface area contributed by atoms with E-state index < -0.39 is 10.0 Å². The Morgan fingerprint density at radius 1 is 1.56 bits per heavy atom. The molecule has 1 aromatic rings. The van der Waals surface area contributed by atoms with Gasteiger partial charge in [-0.25, -0.2) is 13.1 Å². The summed E-state index contributed by atoms with van der Waals surface area (Å²) in [6.07, 6.45) is 1.40. The molecule has 0 aromatic carbocycles. The predicted molar refractivity (Wildman–Crippen MR) is 75.4 cm³/mol. The monoisotopic (exact) mass is 353 g/mol. The molecule has 1 N–H and O–H groups in total. The summed E-state index contributed by atoms with van der Waals surface area (Å²) >= 11 is 4.47. The zero-order chi connectivity index (χ0) is 13.4. The molecule has 1 aliphatic rings. The van der Waals surface area contributed by atoms with E-state index in [0.717, 1.165) is 0 Å². The van der Waals surface area contributed by atoms with Crippen molar-refractivity contribution in [1.82, 2.24) is 4.72 Å². The Morgan fingerprint density at radius 2 is 2.28 bits per heavy atom. The van der Waals surface area contributed by atoms with Crippen LogP contribution in [0.1, 0.15) is 26.7 Å². The lowest BCUT2D eigenvalue weighted by Crippen LogP contribution is -2.45. The second-order valence-electron chi connectivity index (χ2n) is 4.98. The van der Waals surface area contributed by atoms with Gasteiger partial charge in [0.15, 0.2) is 0 Å². The first kappa shape index (κ1) is 14.5. The van der Waals surface area contributed by atoms with Crippen molar-refractivity contribution < 1.29 is 13.2 Å². The van der Waals surface area contributed by atoms with Crippen molar-refractivity contribution in [2.75, 3.05) is 6.61 Å². The molecule has 0 aliphatic carbocycles. The van der Waals surface area contributed by atoms with E-state index in [4.69, 9.17) is 4.74 Å². The van der Waals surface area contributed by atoms with Crippen molar-refractivity contribution in [2.24, 2.45) is 0 Å². The maximum Gasteiger partial charge on any atom is 0.251 e. The Morgan fingerprint density at radius 3 is 2.83 bits per heavy atom. The van der Waals surface area contributed by atoms with E-state index in [1.165, 1.54) is 11.3 Å². The molecule has 1 unspecified atom stereocenters. The summed E-state index contributed by atoms with van der Waals surface area (Å²) in [6, 6.07) is 1.68. The number of sulfonamides is 1. The van der Waals surface area contributed by atoms with Gasteiger partial charge in [0.05, 0.1) is 5.60 Å². The van der Waals surface area contributed by atoms with E-state index in [9.17, 15) is 8.42 Å². The van der Waals surface area contributed by atoms with E-state index >= 15 is 0 Å². The SMILES string of the molecule is CC1(C)CC(NS(=O)(=O)c2sccc2Br)CCO1. The van der Waals surface area contributed by atoms with Crippen LogP contribution in [0.3, 0.4) is 0 Å². The number of hydrogen-bond acceptors (Lipinski definition) is 4. The fourth-order valence-corrected chi connectivity index (χ4v) is 5.70. The average molecular weight is 354 g/mol. The van der Waals surface area contributed by atoms with Crippen LogP contribution in [0.5, 0.6) is 0 Å². The van der Waals surface area contributed by atoms with Crippen molar-refractivity contribution in [1.29, 1.82) is 0 Å². The molecule has 0 radical (unpaired) electrons. The summed E-state index contributed by atoms with van der Waals surface area (Å²) in [5.74, 6) is 0. The summed E-state index contributed by atoms with van der Waals surface area (Å²) in [4.78, 5) is 0. The van der Waals surface area contributed by atoms with Crippen LogP contribution in [0.4, 0.5) is 0 Å². The molecule has 1 aliphatic heterocycles. The third-order valence-corrected chi connectivity index (χ3v) is 7.04. The molecule has 18 heavy (non-hydrogen) atoms. The smallest absolute Gasteiger partial charge is 0.251 e. The van der Waals surface area contributed by atoms with Crippen LogP contribution in [0, 0.1) is 0 Å². The fourth-order valence-electron chi connectivity index (χ4n) is 2.08. The molecule has 1 saturated heterocycles. The third kappa shape index (κ3) is 3.33. The van der Waals surface area contributed by atoms with Crippen LogP contribution in [-0.2, 0) is 14.8 Å². The minimum absolute atomic E-state index is 0.0623. The van der Waals surface area contributed by atoms with Crippen LogP contribution in [0.25, 0.3) is 0 Å². The molecule has 0 saturated carbocycles. The molecule has 2 heterocycles. The zero-order valence-electron chi connectivity index (χ0n) is 10.3. The highest BCUT2D eigenvalue weighted by Crippen LogP contribution is 2.29. The Hall–Kier alpha value is 0.0500. The largest absolute Gasteiger partial charge is 0.375 e. The molecular formula is C11H16BrNO3S2. The summed E-state index contributed by atoms with van der Waals surface area (Å²) in [5.41, 5.74) is -0.266. The van der Waals surface area contributed by atoms with Gasteiger partial charge in [0.2, 0.25) is 0 Å². The number of halogens is 1. The van der Waals surface area contributed by atoms with E-state index in [1.807, 2.05) is 13.8 Å². The van der Waals surface area contributed by atoms with Crippen LogP contribution in [0.15, 0.2) is 20.1 Å². The molecule has 0 bridgehead atoms. The maximum atomic E-state index is 12.2. The average Bonchev–Trinajstić information content (AvgIpc) is 2.62. The molecule has 7 heteroatoms. The van der Waals surface area contributed by atoms with Crippen molar-refractivity contribution in [3.63, 3.8) is 0 Å². The number of rotatable bonds is 3. The first-order valence-electron chi connectivity index (χ1n) is 5.69. The molecule has 0 spiro atoms. The molecule has 1 fully saturated rings. The van der Waals surface area contributed by atoms with Gasteiger partial charge in [-0.05, 0) is 54.1 Å². The highest BCUT2D eigenvalue weighted by Gasteiger charge is 2.32. The van der Waals surface area contributed by atoms with Gasteiger partial charge in [-0.15, -0.1) is 11.3 Å². The molecule has 4 nitrogen and oxygen atoms in total. The van der Waals surface area contributed by atoms with E-state index in [1.54, 1.807) is 11.4 Å². The lowest BCUT2D eigenvalue weighted by molar-refractivity contribution is -0.0599. The second-order valence-corrected chi connectivity index (χ2v) is 8.65. The zero-order valence-corrected chi connectivity index (χ0v) is 13.5. The lowest BCUT2D eigenvalue weighted by atomic mass is 9.95. The first-order valence-corrected chi connectivity index (χ1v) is 8.85. The quantitative estimate of drug-likeness (QED) is 0.908. The Kier molecular flexibility index (Phi) is 4.18. The Bertz CT molecular complexity index is 524. The number of hydrogen-bond donors (Lipinski definition) is 1. The number of ether oxygens (including phenoxy) is 1. The number of thiophene rings is 1. The van der Waals surface area contributed by atoms with E-state index in [-0.39, 0.29) is 11.6 Å². The van der Waals surface area contributed by atoms with Gasteiger partial charge in [-0.1, -0.05) is 0 Å². The highest BCUT2D eigenvalue weighted by molar-refractivity contribution is 9.10. The second kappa shape index (κ2) is 5.20. The topological polar surface area (TPSA) is 55.4 Å². The summed E-state index contributed by atoms with van der Waals surface area (Å²) in [6.45, 7) is 4.55. The van der Waals surface area contributed by atoms with Gasteiger partial charge < -0.3 is 4.74 Å². The van der Waals surface area contributed by atoms with Crippen molar-refractivity contribution >= 4 is 37.3 Å². The summed E-state index contributed by atoms with van der Waals surface area (Å²) in [7, 11) is -3.43. The molecule has 102 valence electrons. The van der Waals surface area contributed by atoms with Crippen LogP contribution >= 0.6 is 27.3 Å². The standard InChI is InChI=1S/C11H16BrNO3S2/c1-11(2)7-8(3-5-16-11)13-18(14,15)10-9(12)4-6-17-10/h4,6,8,13H,3,5,7H2,1-2H3. The molecule has 2 rings (SSSR count). The normalized spacial score (nSPS) is 24.1. The summed E-state index contributed by atoms with van der Waals surface area (Å²) in [5, 5.41) is 1.76.